The molecule has 2 aromatic carbocycles. The van der Waals surface area contributed by atoms with E-state index in [0.717, 1.165) is 23.0 Å². The van der Waals surface area contributed by atoms with E-state index in [1.54, 1.807) is 18.2 Å². The third-order valence-corrected chi connectivity index (χ3v) is 6.28. The molecular formula is C24H23F3N2O4S. The number of benzene rings is 2. The number of nitrogens with zero attached hydrogens (tertiary/aromatic N) is 1. The predicted octanol–water partition coefficient (Wildman–Crippen LogP) is 4.14. The van der Waals surface area contributed by atoms with Crippen LogP contribution in [-0.4, -0.2) is 25.1 Å². The van der Waals surface area contributed by atoms with Crippen LogP contribution in [0.5, 0.6) is 0 Å². The highest BCUT2D eigenvalue weighted by Crippen LogP contribution is 2.30. The van der Waals surface area contributed by atoms with Crippen molar-refractivity contribution in [1.82, 2.24) is 9.88 Å². The minimum absolute atomic E-state index is 0.0225. The fourth-order valence-electron chi connectivity index (χ4n) is 3.44. The second-order valence-electron chi connectivity index (χ2n) is 7.78. The molecule has 0 radical (unpaired) electrons. The molecule has 0 aliphatic carbocycles. The Morgan fingerprint density at radius 3 is 2.29 bits per heavy atom. The zero-order chi connectivity index (χ0) is 25.1. The van der Waals surface area contributed by atoms with Gasteiger partial charge in [-0.2, -0.15) is 13.2 Å². The number of rotatable bonds is 7. The summed E-state index contributed by atoms with van der Waals surface area (Å²) in [5, 5.41) is 2.60. The normalized spacial score (nSPS) is 11.9. The van der Waals surface area contributed by atoms with Crippen molar-refractivity contribution in [3.8, 4) is 5.69 Å². The lowest BCUT2D eigenvalue weighted by atomic mass is 10.1. The van der Waals surface area contributed by atoms with E-state index in [4.69, 9.17) is 0 Å². The number of carbonyl (C=O) groups excluding carboxylic acids is 1. The molecule has 34 heavy (non-hydrogen) atoms. The van der Waals surface area contributed by atoms with E-state index in [0.29, 0.717) is 24.1 Å². The molecule has 3 rings (SSSR count). The fourth-order valence-corrected chi connectivity index (χ4v) is 4.07. The van der Waals surface area contributed by atoms with E-state index in [2.05, 4.69) is 5.32 Å². The average Bonchev–Trinajstić information content (AvgIpc) is 2.77. The Labute approximate surface area is 195 Å². The topological polar surface area (TPSA) is 85.2 Å². The SMILES string of the molecule is CCCc1ccc(C(=O)NCc2ccc(S(C)(=O)=O)cc2)c(=O)n1-c1cccc(C(F)(F)F)c1. The van der Waals surface area contributed by atoms with Gasteiger partial charge in [0.2, 0.25) is 0 Å². The summed E-state index contributed by atoms with van der Waals surface area (Å²) >= 11 is 0. The van der Waals surface area contributed by atoms with Crippen molar-refractivity contribution in [2.45, 2.75) is 37.4 Å². The average molecular weight is 493 g/mol. The summed E-state index contributed by atoms with van der Waals surface area (Å²) in [6, 6.07) is 13.2. The molecule has 0 bridgehead atoms. The highest BCUT2D eigenvalue weighted by atomic mass is 32.2. The standard InChI is InChI=1S/C24H23F3N2O4S/c1-3-5-18-10-13-21(22(30)28-15-16-8-11-20(12-9-16)34(2,32)33)23(31)29(18)19-7-4-6-17(14-19)24(25,26)27/h4,6-14H,3,5,15H2,1-2H3,(H,28,30). The van der Waals surface area contributed by atoms with E-state index in [-0.39, 0.29) is 22.7 Å². The highest BCUT2D eigenvalue weighted by Gasteiger charge is 2.31. The van der Waals surface area contributed by atoms with Gasteiger partial charge in [0, 0.05) is 24.2 Å². The Morgan fingerprint density at radius 1 is 1.03 bits per heavy atom. The molecule has 10 heteroatoms. The monoisotopic (exact) mass is 492 g/mol. The summed E-state index contributed by atoms with van der Waals surface area (Å²) in [7, 11) is -3.35. The van der Waals surface area contributed by atoms with Crippen molar-refractivity contribution in [2.24, 2.45) is 0 Å². The summed E-state index contributed by atoms with van der Waals surface area (Å²) in [5.74, 6) is -0.694. The molecule has 0 spiro atoms. The molecule has 6 nitrogen and oxygen atoms in total. The van der Waals surface area contributed by atoms with Crippen LogP contribution >= 0.6 is 0 Å². The number of nitrogens with one attached hydrogen (secondary N) is 1. The van der Waals surface area contributed by atoms with Crippen molar-refractivity contribution in [1.29, 1.82) is 0 Å². The Morgan fingerprint density at radius 2 is 1.71 bits per heavy atom. The van der Waals surface area contributed by atoms with Crippen LogP contribution in [0.4, 0.5) is 13.2 Å². The van der Waals surface area contributed by atoms with Crippen LogP contribution in [0.2, 0.25) is 0 Å². The van der Waals surface area contributed by atoms with Crippen LogP contribution in [0.3, 0.4) is 0 Å². The first-order valence-corrected chi connectivity index (χ1v) is 12.3. The van der Waals surface area contributed by atoms with Gasteiger partial charge in [0.25, 0.3) is 11.5 Å². The summed E-state index contributed by atoms with van der Waals surface area (Å²) in [6.45, 7) is 1.90. The van der Waals surface area contributed by atoms with Crippen molar-refractivity contribution < 1.29 is 26.4 Å². The lowest BCUT2D eigenvalue weighted by molar-refractivity contribution is -0.137. The Kier molecular flexibility index (Phi) is 7.30. The second-order valence-corrected chi connectivity index (χ2v) is 9.79. The number of sulfone groups is 1. The van der Waals surface area contributed by atoms with Gasteiger partial charge in [-0.05, 0) is 54.4 Å². The Hall–Kier alpha value is -3.40. The Balaban J connectivity index is 1.93. The predicted molar refractivity (Wildman–Crippen MR) is 122 cm³/mol. The molecule has 1 amide bonds. The molecule has 0 saturated heterocycles. The minimum atomic E-state index is -4.58. The van der Waals surface area contributed by atoms with Crippen LogP contribution in [0.25, 0.3) is 5.69 Å². The summed E-state index contributed by atoms with van der Waals surface area (Å²) in [4.78, 5) is 26.1. The molecule has 1 aromatic heterocycles. The maximum atomic E-state index is 13.2. The molecule has 0 fully saturated rings. The smallest absolute Gasteiger partial charge is 0.348 e. The van der Waals surface area contributed by atoms with Crippen molar-refractivity contribution in [2.75, 3.05) is 6.26 Å². The molecule has 0 aliphatic heterocycles. The number of hydrogen-bond acceptors (Lipinski definition) is 4. The van der Waals surface area contributed by atoms with Gasteiger partial charge >= 0.3 is 6.18 Å². The first-order valence-electron chi connectivity index (χ1n) is 10.4. The van der Waals surface area contributed by atoms with E-state index in [1.165, 1.54) is 30.3 Å². The van der Waals surface area contributed by atoms with E-state index >= 15 is 0 Å². The van der Waals surface area contributed by atoms with Crippen LogP contribution in [-0.2, 0) is 29.0 Å². The number of aromatic nitrogens is 1. The Bertz CT molecular complexity index is 1360. The first kappa shape index (κ1) is 25.2. The van der Waals surface area contributed by atoms with Gasteiger partial charge in [-0.15, -0.1) is 0 Å². The minimum Gasteiger partial charge on any atom is -0.348 e. The molecule has 1 heterocycles. The van der Waals surface area contributed by atoms with Gasteiger partial charge in [0.1, 0.15) is 5.56 Å². The maximum Gasteiger partial charge on any atom is 0.416 e. The molecule has 1 N–H and O–H groups in total. The van der Waals surface area contributed by atoms with Crippen molar-refractivity contribution >= 4 is 15.7 Å². The summed E-state index contributed by atoms with van der Waals surface area (Å²) < 4.78 is 63.9. The second kappa shape index (κ2) is 9.84. The van der Waals surface area contributed by atoms with E-state index in [9.17, 15) is 31.2 Å². The van der Waals surface area contributed by atoms with Gasteiger partial charge in [0.15, 0.2) is 9.84 Å². The van der Waals surface area contributed by atoms with Crippen molar-refractivity contribution in [3.05, 3.63) is 93.4 Å². The van der Waals surface area contributed by atoms with E-state index < -0.39 is 33.0 Å². The summed E-state index contributed by atoms with van der Waals surface area (Å²) in [6.07, 6.45) is -2.42. The number of halogens is 3. The maximum absolute atomic E-state index is 13.2. The number of carbonyl (C=O) groups is 1. The molecule has 0 aliphatic rings. The van der Waals surface area contributed by atoms with Gasteiger partial charge in [0.05, 0.1) is 10.5 Å². The quantitative estimate of drug-likeness (QED) is 0.537. The van der Waals surface area contributed by atoms with Crippen LogP contribution < -0.4 is 10.9 Å². The lowest BCUT2D eigenvalue weighted by Gasteiger charge is -2.16. The van der Waals surface area contributed by atoms with Crippen LogP contribution in [0, 0.1) is 0 Å². The third kappa shape index (κ3) is 5.74. The zero-order valence-corrected chi connectivity index (χ0v) is 19.3. The van der Waals surface area contributed by atoms with E-state index in [1.807, 2.05) is 6.92 Å². The third-order valence-electron chi connectivity index (χ3n) is 5.15. The van der Waals surface area contributed by atoms with Gasteiger partial charge in [-0.3, -0.25) is 14.2 Å². The fraction of sp³-hybridized carbons (Fsp3) is 0.250. The van der Waals surface area contributed by atoms with Gasteiger partial charge in [-0.25, -0.2) is 8.42 Å². The number of pyridine rings is 1. The van der Waals surface area contributed by atoms with Gasteiger partial charge in [-0.1, -0.05) is 31.5 Å². The number of alkyl halides is 3. The lowest BCUT2D eigenvalue weighted by Crippen LogP contribution is -2.33. The van der Waals surface area contributed by atoms with Crippen molar-refractivity contribution in [3.63, 3.8) is 0 Å². The zero-order valence-electron chi connectivity index (χ0n) is 18.5. The molecular weight excluding hydrogens is 469 g/mol. The first-order chi connectivity index (χ1) is 15.9. The molecule has 0 unspecified atom stereocenters. The highest BCUT2D eigenvalue weighted by molar-refractivity contribution is 7.90. The largest absolute Gasteiger partial charge is 0.416 e. The molecule has 180 valence electrons. The molecule has 3 aromatic rings. The molecule has 0 atom stereocenters. The molecule has 0 saturated carbocycles. The number of amides is 1. The van der Waals surface area contributed by atoms with Crippen LogP contribution in [0.15, 0.2) is 70.4 Å². The van der Waals surface area contributed by atoms with Gasteiger partial charge < -0.3 is 5.32 Å². The number of aryl methyl sites for hydroxylation is 1. The summed E-state index contributed by atoms with van der Waals surface area (Å²) in [5.41, 5.74) is -0.720. The van der Waals surface area contributed by atoms with Crippen LogP contribution in [0.1, 0.15) is 40.5 Å². The number of hydrogen-bond donors (Lipinski definition) is 1.